The molecule has 4 rings (SSSR count). The zero-order chi connectivity index (χ0) is 22.9. The predicted molar refractivity (Wildman–Crippen MR) is 112 cm³/mol. The lowest BCUT2D eigenvalue weighted by atomic mass is 10.2. The molecule has 0 atom stereocenters. The number of pyridine rings is 1. The Labute approximate surface area is 187 Å². The lowest BCUT2D eigenvalue weighted by Gasteiger charge is -2.36. The van der Waals surface area contributed by atoms with Crippen LogP contribution in [0, 0.1) is 0 Å². The Morgan fingerprint density at radius 1 is 1.16 bits per heavy atom. The molecule has 0 spiro atoms. The minimum atomic E-state index is -4.52. The van der Waals surface area contributed by atoms with Crippen molar-refractivity contribution in [2.45, 2.75) is 12.6 Å². The Bertz CT molecular complexity index is 1030. The van der Waals surface area contributed by atoms with Crippen LogP contribution in [0.15, 0.2) is 36.5 Å². The number of aromatic nitrogens is 1. The number of hydrogen-bond acceptors (Lipinski definition) is 5. The Balaban J connectivity index is 1.41. The summed E-state index contributed by atoms with van der Waals surface area (Å²) in [7, 11) is 0. The highest BCUT2D eigenvalue weighted by Gasteiger charge is 2.33. The van der Waals surface area contributed by atoms with E-state index in [2.05, 4.69) is 4.98 Å². The largest absolute Gasteiger partial charge is 0.491 e. The normalized spacial score (nSPS) is 17.0. The predicted octanol–water partition coefficient (Wildman–Crippen LogP) is 3.22. The standard InChI is InChI=1S/C21H20ClF3N4O3/c22-15-11-14(21(23,24)25)12-26-20(15)28-8-6-27(7-9-28)19(31)13-29-16-3-1-2-4-17(16)32-10-5-18(29)30/h1-4,11-12H,5-10,13H2. The summed E-state index contributed by atoms with van der Waals surface area (Å²) in [5.41, 5.74) is -0.353. The molecule has 2 aromatic rings. The van der Waals surface area contributed by atoms with Gasteiger partial charge >= 0.3 is 6.18 Å². The van der Waals surface area contributed by atoms with Gasteiger partial charge in [-0.05, 0) is 18.2 Å². The number of piperazine rings is 1. The van der Waals surface area contributed by atoms with Crippen molar-refractivity contribution >= 4 is 34.9 Å². The number of hydrogen-bond donors (Lipinski definition) is 0. The van der Waals surface area contributed by atoms with Crippen LogP contribution in [-0.4, -0.2) is 61.0 Å². The molecule has 2 aliphatic rings. The van der Waals surface area contributed by atoms with Crippen molar-refractivity contribution in [3.05, 3.63) is 47.1 Å². The fourth-order valence-corrected chi connectivity index (χ4v) is 4.00. The van der Waals surface area contributed by atoms with E-state index < -0.39 is 11.7 Å². The van der Waals surface area contributed by atoms with Crippen molar-refractivity contribution in [2.24, 2.45) is 0 Å². The fourth-order valence-electron chi connectivity index (χ4n) is 3.71. The van der Waals surface area contributed by atoms with E-state index in [9.17, 15) is 22.8 Å². The van der Waals surface area contributed by atoms with Gasteiger partial charge in [-0.15, -0.1) is 0 Å². The number of anilines is 2. The van der Waals surface area contributed by atoms with Gasteiger partial charge in [-0.1, -0.05) is 23.7 Å². The summed E-state index contributed by atoms with van der Waals surface area (Å²) in [5.74, 6) is 0.392. The molecule has 3 heterocycles. The van der Waals surface area contributed by atoms with E-state index in [1.807, 2.05) is 0 Å². The Hall–Kier alpha value is -3.01. The number of halogens is 4. The first-order chi connectivity index (χ1) is 15.2. The Morgan fingerprint density at radius 3 is 2.56 bits per heavy atom. The first kappa shape index (κ1) is 22.2. The topological polar surface area (TPSA) is 66.0 Å². The molecular formula is C21H20ClF3N4O3. The summed E-state index contributed by atoms with van der Waals surface area (Å²) >= 11 is 6.04. The Kier molecular flexibility index (Phi) is 6.14. The molecular weight excluding hydrogens is 449 g/mol. The van der Waals surface area contributed by atoms with E-state index in [1.165, 1.54) is 4.90 Å². The van der Waals surface area contributed by atoms with Crippen LogP contribution < -0.4 is 14.5 Å². The smallest absolute Gasteiger partial charge is 0.417 e. The summed E-state index contributed by atoms with van der Waals surface area (Å²) in [4.78, 5) is 34.1. The quantitative estimate of drug-likeness (QED) is 0.692. The number of rotatable bonds is 3. The molecule has 0 saturated carbocycles. The molecule has 1 saturated heterocycles. The monoisotopic (exact) mass is 468 g/mol. The summed E-state index contributed by atoms with van der Waals surface area (Å²) < 4.78 is 44.1. The number of ether oxygens (including phenoxy) is 1. The minimum Gasteiger partial charge on any atom is -0.491 e. The van der Waals surface area contributed by atoms with Crippen molar-refractivity contribution < 1.29 is 27.5 Å². The second-order valence-corrected chi connectivity index (χ2v) is 7.85. The first-order valence-electron chi connectivity index (χ1n) is 10.0. The van der Waals surface area contributed by atoms with Crippen molar-refractivity contribution in [3.63, 3.8) is 0 Å². The van der Waals surface area contributed by atoms with Gasteiger partial charge in [-0.3, -0.25) is 14.5 Å². The number of fused-ring (bicyclic) bond motifs is 1. The van der Waals surface area contributed by atoms with Crippen molar-refractivity contribution in [3.8, 4) is 5.75 Å². The molecule has 0 unspecified atom stereocenters. The zero-order valence-electron chi connectivity index (χ0n) is 16.9. The maximum absolute atomic E-state index is 12.9. The number of carbonyl (C=O) groups excluding carboxylic acids is 2. The first-order valence-corrected chi connectivity index (χ1v) is 10.4. The second kappa shape index (κ2) is 8.85. The average molecular weight is 469 g/mol. The van der Waals surface area contributed by atoms with Crippen LogP contribution in [0.3, 0.4) is 0 Å². The van der Waals surface area contributed by atoms with Gasteiger partial charge in [0, 0.05) is 32.4 Å². The Morgan fingerprint density at radius 2 is 1.88 bits per heavy atom. The van der Waals surface area contributed by atoms with E-state index >= 15 is 0 Å². The zero-order valence-corrected chi connectivity index (χ0v) is 17.7. The highest BCUT2D eigenvalue weighted by Crippen LogP contribution is 2.34. The van der Waals surface area contributed by atoms with Gasteiger partial charge in [0.15, 0.2) is 0 Å². The molecule has 0 N–H and O–H groups in total. The number of carbonyl (C=O) groups is 2. The molecule has 11 heteroatoms. The molecule has 0 aliphatic carbocycles. The highest BCUT2D eigenvalue weighted by atomic mass is 35.5. The van der Waals surface area contributed by atoms with Gasteiger partial charge in [-0.2, -0.15) is 13.2 Å². The third-order valence-electron chi connectivity index (χ3n) is 5.40. The number of amides is 2. The van der Waals surface area contributed by atoms with Crippen LogP contribution in [-0.2, 0) is 15.8 Å². The fraction of sp³-hybridized carbons (Fsp3) is 0.381. The molecule has 1 aromatic heterocycles. The minimum absolute atomic E-state index is 0.0913. The van der Waals surface area contributed by atoms with Gasteiger partial charge in [-0.25, -0.2) is 4.98 Å². The van der Waals surface area contributed by atoms with Gasteiger partial charge in [0.1, 0.15) is 18.1 Å². The van der Waals surface area contributed by atoms with Crippen LogP contribution in [0.2, 0.25) is 5.02 Å². The number of nitrogens with zero attached hydrogens (tertiary/aromatic N) is 4. The van der Waals surface area contributed by atoms with Crippen molar-refractivity contribution in [2.75, 3.05) is 49.1 Å². The van der Waals surface area contributed by atoms with Crippen molar-refractivity contribution in [1.29, 1.82) is 0 Å². The molecule has 32 heavy (non-hydrogen) atoms. The van der Waals surface area contributed by atoms with E-state index in [4.69, 9.17) is 16.3 Å². The van der Waals surface area contributed by atoms with Crippen LogP contribution >= 0.6 is 11.6 Å². The maximum atomic E-state index is 12.9. The molecule has 1 aromatic carbocycles. The van der Waals surface area contributed by atoms with Gasteiger partial charge < -0.3 is 14.5 Å². The van der Waals surface area contributed by atoms with Crippen molar-refractivity contribution in [1.82, 2.24) is 9.88 Å². The molecule has 0 bridgehead atoms. The third-order valence-corrected chi connectivity index (χ3v) is 5.68. The van der Waals surface area contributed by atoms with Crippen LogP contribution in [0.25, 0.3) is 0 Å². The summed E-state index contributed by atoms with van der Waals surface area (Å²) in [6.07, 6.45) is -3.59. The second-order valence-electron chi connectivity index (χ2n) is 7.44. The highest BCUT2D eigenvalue weighted by molar-refractivity contribution is 6.33. The van der Waals surface area contributed by atoms with E-state index in [1.54, 1.807) is 34.1 Å². The number of benzene rings is 1. The molecule has 0 radical (unpaired) electrons. The lowest BCUT2D eigenvalue weighted by molar-refractivity contribution is -0.137. The average Bonchev–Trinajstić information content (AvgIpc) is 2.92. The summed E-state index contributed by atoms with van der Waals surface area (Å²) in [6.45, 7) is 1.52. The molecule has 7 nitrogen and oxygen atoms in total. The molecule has 1 fully saturated rings. The summed E-state index contributed by atoms with van der Waals surface area (Å²) in [5, 5.41) is -0.0913. The molecule has 170 valence electrons. The number of alkyl halides is 3. The van der Waals surface area contributed by atoms with Crippen LogP contribution in [0.4, 0.5) is 24.7 Å². The molecule has 2 amide bonds. The van der Waals surface area contributed by atoms with Gasteiger partial charge in [0.25, 0.3) is 0 Å². The van der Waals surface area contributed by atoms with Gasteiger partial charge in [0.05, 0.1) is 29.3 Å². The van der Waals surface area contributed by atoms with E-state index in [-0.39, 0.29) is 42.2 Å². The third kappa shape index (κ3) is 4.59. The maximum Gasteiger partial charge on any atom is 0.417 e. The molecule has 2 aliphatic heterocycles. The summed E-state index contributed by atoms with van der Waals surface area (Å²) in [6, 6.07) is 7.92. The van der Waals surface area contributed by atoms with Crippen LogP contribution in [0.5, 0.6) is 5.75 Å². The SMILES string of the molecule is O=C(CN1C(=O)CCOc2ccccc21)N1CCN(c2ncc(C(F)(F)F)cc2Cl)CC1. The van der Waals surface area contributed by atoms with E-state index in [0.717, 1.165) is 12.3 Å². The van der Waals surface area contributed by atoms with Crippen LogP contribution in [0.1, 0.15) is 12.0 Å². The lowest BCUT2D eigenvalue weighted by Crippen LogP contribution is -2.52. The number of para-hydroxylation sites is 2. The van der Waals surface area contributed by atoms with E-state index in [0.29, 0.717) is 37.6 Å². The van der Waals surface area contributed by atoms with Gasteiger partial charge in [0.2, 0.25) is 11.8 Å².